The number of benzene rings is 2. The highest BCUT2D eigenvalue weighted by Crippen LogP contribution is 2.29. The average molecular weight is 326 g/mol. The SMILES string of the molecule is COc1c(O)cccc1[Si](C)(C)c1ccc(C(F)(F)F)cc1. The predicted molar refractivity (Wildman–Crippen MR) is 82.9 cm³/mol. The lowest BCUT2D eigenvalue weighted by molar-refractivity contribution is -0.137. The summed E-state index contributed by atoms with van der Waals surface area (Å²) in [6, 6.07) is 10.3. The highest BCUT2D eigenvalue weighted by atomic mass is 28.3. The van der Waals surface area contributed by atoms with E-state index in [9.17, 15) is 18.3 Å². The number of hydrogen-bond acceptors (Lipinski definition) is 2. The Bertz CT molecular complexity index is 664. The summed E-state index contributed by atoms with van der Waals surface area (Å²) in [7, 11) is -0.819. The molecule has 0 amide bonds. The number of para-hydroxylation sites is 1. The minimum Gasteiger partial charge on any atom is -0.504 e. The molecule has 2 nitrogen and oxygen atoms in total. The Hall–Kier alpha value is -1.95. The molecule has 0 saturated carbocycles. The molecule has 2 aromatic carbocycles. The largest absolute Gasteiger partial charge is 0.504 e. The molecule has 0 heterocycles. The Morgan fingerprint density at radius 2 is 1.59 bits per heavy atom. The summed E-state index contributed by atoms with van der Waals surface area (Å²) in [5.41, 5.74) is -0.663. The second kappa shape index (κ2) is 5.68. The van der Waals surface area contributed by atoms with E-state index in [4.69, 9.17) is 4.74 Å². The van der Waals surface area contributed by atoms with Gasteiger partial charge >= 0.3 is 6.18 Å². The van der Waals surface area contributed by atoms with Crippen molar-refractivity contribution in [3.8, 4) is 11.5 Å². The topological polar surface area (TPSA) is 29.5 Å². The second-order valence-electron chi connectivity index (χ2n) is 5.56. The van der Waals surface area contributed by atoms with Crippen molar-refractivity contribution in [1.82, 2.24) is 0 Å². The van der Waals surface area contributed by atoms with Crippen LogP contribution in [0, 0.1) is 0 Å². The van der Waals surface area contributed by atoms with E-state index in [1.807, 2.05) is 19.2 Å². The monoisotopic (exact) mass is 326 g/mol. The van der Waals surface area contributed by atoms with Crippen LogP contribution in [0.15, 0.2) is 42.5 Å². The molecule has 0 bridgehead atoms. The van der Waals surface area contributed by atoms with E-state index in [0.717, 1.165) is 22.5 Å². The number of alkyl halides is 3. The van der Waals surface area contributed by atoms with Crippen molar-refractivity contribution in [3.63, 3.8) is 0 Å². The van der Waals surface area contributed by atoms with E-state index >= 15 is 0 Å². The zero-order valence-corrected chi connectivity index (χ0v) is 13.5. The first-order chi connectivity index (χ1) is 10.2. The van der Waals surface area contributed by atoms with Gasteiger partial charge in [0, 0.05) is 0 Å². The zero-order chi connectivity index (χ0) is 16.5. The molecule has 1 N–H and O–H groups in total. The Morgan fingerprint density at radius 1 is 1.00 bits per heavy atom. The van der Waals surface area contributed by atoms with Crippen LogP contribution in [0.5, 0.6) is 11.5 Å². The van der Waals surface area contributed by atoms with Crippen LogP contribution in [-0.2, 0) is 6.18 Å². The van der Waals surface area contributed by atoms with Crippen LogP contribution >= 0.6 is 0 Å². The molecule has 2 aromatic rings. The second-order valence-corrected chi connectivity index (χ2v) is 9.92. The van der Waals surface area contributed by atoms with Crippen LogP contribution in [-0.4, -0.2) is 20.3 Å². The van der Waals surface area contributed by atoms with Crippen LogP contribution in [0.25, 0.3) is 0 Å². The van der Waals surface area contributed by atoms with Crippen LogP contribution in [0.4, 0.5) is 13.2 Å². The summed E-state index contributed by atoms with van der Waals surface area (Å²) in [5, 5.41) is 11.6. The molecule has 0 aliphatic heterocycles. The fraction of sp³-hybridized carbons (Fsp3) is 0.250. The Kier molecular flexibility index (Phi) is 4.24. The van der Waals surface area contributed by atoms with Gasteiger partial charge in [-0.3, -0.25) is 0 Å². The third-order valence-corrected chi connectivity index (χ3v) is 7.32. The molecule has 0 fully saturated rings. The van der Waals surface area contributed by atoms with Gasteiger partial charge in [0.05, 0.1) is 12.7 Å². The maximum atomic E-state index is 12.7. The number of methoxy groups -OCH3 is 1. The van der Waals surface area contributed by atoms with Crippen molar-refractivity contribution in [3.05, 3.63) is 48.0 Å². The molecule has 0 aliphatic carbocycles. The Labute approximate surface area is 128 Å². The van der Waals surface area contributed by atoms with Gasteiger partial charge in [0.2, 0.25) is 0 Å². The zero-order valence-electron chi connectivity index (χ0n) is 12.5. The molecule has 0 aliphatic rings. The fourth-order valence-corrected chi connectivity index (χ4v) is 5.08. The van der Waals surface area contributed by atoms with Gasteiger partial charge in [-0.1, -0.05) is 54.7 Å². The maximum Gasteiger partial charge on any atom is 0.416 e. The van der Waals surface area contributed by atoms with Crippen molar-refractivity contribution >= 4 is 18.4 Å². The van der Waals surface area contributed by atoms with Gasteiger partial charge < -0.3 is 9.84 Å². The lowest BCUT2D eigenvalue weighted by Gasteiger charge is -2.26. The molecule has 22 heavy (non-hydrogen) atoms. The minimum absolute atomic E-state index is 0.0347. The van der Waals surface area contributed by atoms with Crippen LogP contribution < -0.4 is 15.1 Å². The predicted octanol–water partition coefficient (Wildman–Crippen LogP) is 3.24. The normalized spacial score (nSPS) is 12.3. The first-order valence-corrected chi connectivity index (χ1v) is 9.72. The summed E-state index contributed by atoms with van der Waals surface area (Å²) < 4.78 is 43.3. The smallest absolute Gasteiger partial charge is 0.416 e. The van der Waals surface area contributed by atoms with E-state index in [2.05, 4.69) is 0 Å². The quantitative estimate of drug-likeness (QED) is 0.878. The summed E-state index contributed by atoms with van der Waals surface area (Å²) in [6.45, 7) is 4.01. The summed E-state index contributed by atoms with van der Waals surface area (Å²) >= 11 is 0. The fourth-order valence-electron chi connectivity index (χ4n) is 2.46. The molecule has 0 aromatic heterocycles. The molecule has 0 spiro atoms. The van der Waals surface area contributed by atoms with Crippen molar-refractivity contribution in [2.75, 3.05) is 7.11 Å². The van der Waals surface area contributed by atoms with Gasteiger partial charge in [-0.05, 0) is 11.3 Å². The molecule has 118 valence electrons. The van der Waals surface area contributed by atoms with Crippen LogP contribution in [0.3, 0.4) is 0 Å². The van der Waals surface area contributed by atoms with Gasteiger partial charge in [0.25, 0.3) is 0 Å². The summed E-state index contributed by atoms with van der Waals surface area (Å²) in [4.78, 5) is 0. The van der Waals surface area contributed by atoms with Crippen LogP contribution in [0.1, 0.15) is 5.56 Å². The van der Waals surface area contributed by atoms with Crippen LogP contribution in [0.2, 0.25) is 13.1 Å². The van der Waals surface area contributed by atoms with Gasteiger partial charge in [-0.25, -0.2) is 0 Å². The highest BCUT2D eigenvalue weighted by molar-refractivity contribution is 7.01. The van der Waals surface area contributed by atoms with E-state index in [1.165, 1.54) is 25.3 Å². The van der Waals surface area contributed by atoms with E-state index < -0.39 is 19.8 Å². The van der Waals surface area contributed by atoms with Gasteiger partial charge in [-0.2, -0.15) is 13.2 Å². The standard InChI is InChI=1S/C16H17F3O2Si/c1-21-15-13(20)5-4-6-14(15)22(2,3)12-9-7-11(8-10-12)16(17,18)19/h4-10,20H,1-3H3. The lowest BCUT2D eigenvalue weighted by Crippen LogP contribution is -2.53. The number of rotatable bonds is 3. The summed E-state index contributed by atoms with van der Waals surface area (Å²) in [5.74, 6) is 0.423. The number of ether oxygens (including phenoxy) is 1. The average Bonchev–Trinajstić information content (AvgIpc) is 2.46. The van der Waals surface area contributed by atoms with Gasteiger partial charge in [-0.15, -0.1) is 0 Å². The number of phenols is 1. The first kappa shape index (κ1) is 16.4. The number of hydrogen-bond donors (Lipinski definition) is 1. The van der Waals surface area contributed by atoms with E-state index in [1.54, 1.807) is 6.07 Å². The molecule has 6 heteroatoms. The van der Waals surface area contributed by atoms with E-state index in [0.29, 0.717) is 5.75 Å². The maximum absolute atomic E-state index is 12.7. The molecule has 0 atom stereocenters. The van der Waals surface area contributed by atoms with Crippen molar-refractivity contribution in [2.45, 2.75) is 19.3 Å². The number of aromatic hydroxyl groups is 1. The lowest BCUT2D eigenvalue weighted by atomic mass is 10.2. The first-order valence-electron chi connectivity index (χ1n) is 6.72. The number of halogens is 3. The van der Waals surface area contributed by atoms with Gasteiger partial charge in [0.1, 0.15) is 8.07 Å². The molecular formula is C16H17F3O2Si. The minimum atomic E-state index is -4.34. The third kappa shape index (κ3) is 2.97. The van der Waals surface area contributed by atoms with Crippen molar-refractivity contribution < 1.29 is 23.0 Å². The highest BCUT2D eigenvalue weighted by Gasteiger charge is 2.33. The van der Waals surface area contributed by atoms with Crippen molar-refractivity contribution in [1.29, 1.82) is 0 Å². The Morgan fingerprint density at radius 3 is 2.09 bits per heavy atom. The molecule has 0 saturated heterocycles. The summed E-state index contributed by atoms with van der Waals surface area (Å²) in [6.07, 6.45) is -4.34. The molecule has 2 rings (SSSR count). The van der Waals surface area contributed by atoms with Crippen molar-refractivity contribution in [2.24, 2.45) is 0 Å². The molecular weight excluding hydrogens is 309 g/mol. The Balaban J connectivity index is 2.49. The molecule has 0 unspecified atom stereocenters. The van der Waals surface area contributed by atoms with E-state index in [-0.39, 0.29) is 5.75 Å². The molecule has 0 radical (unpaired) electrons. The number of phenolic OH excluding ortho intramolecular Hbond substituents is 1. The van der Waals surface area contributed by atoms with Gasteiger partial charge in [0.15, 0.2) is 11.5 Å². The third-order valence-electron chi connectivity index (χ3n) is 3.81.